The van der Waals surface area contributed by atoms with E-state index < -0.39 is 5.54 Å². The van der Waals surface area contributed by atoms with Gasteiger partial charge in [0, 0.05) is 5.69 Å². The van der Waals surface area contributed by atoms with E-state index in [4.69, 9.17) is 5.73 Å². The summed E-state index contributed by atoms with van der Waals surface area (Å²) < 4.78 is 0. The van der Waals surface area contributed by atoms with Gasteiger partial charge in [-0.25, -0.2) is 4.79 Å². The van der Waals surface area contributed by atoms with Gasteiger partial charge >= 0.3 is 6.03 Å². The molecular formula is C13H17N3O2. The first kappa shape index (κ1) is 12.4. The van der Waals surface area contributed by atoms with Crippen molar-refractivity contribution in [2.45, 2.75) is 32.4 Å². The lowest BCUT2D eigenvalue weighted by Crippen LogP contribution is -2.43. The molecular weight excluding hydrogens is 230 g/mol. The van der Waals surface area contributed by atoms with Crippen LogP contribution in [0.1, 0.15) is 25.8 Å². The molecule has 96 valence electrons. The highest BCUT2D eigenvalue weighted by Gasteiger charge is 2.46. The van der Waals surface area contributed by atoms with E-state index in [1.165, 1.54) is 4.90 Å². The predicted molar refractivity (Wildman–Crippen MR) is 68.6 cm³/mol. The topological polar surface area (TPSA) is 75.4 Å². The van der Waals surface area contributed by atoms with Crippen LogP contribution in [0.5, 0.6) is 0 Å². The SMILES string of the molecule is CCC1(C)NC(=O)N(Cc2cccc(N)c2)C1=O. The summed E-state index contributed by atoms with van der Waals surface area (Å²) in [5.74, 6) is -0.183. The number of nitrogens with two attached hydrogens (primary N) is 1. The van der Waals surface area contributed by atoms with Gasteiger partial charge in [0.25, 0.3) is 5.91 Å². The van der Waals surface area contributed by atoms with Gasteiger partial charge in [0.15, 0.2) is 0 Å². The fraction of sp³-hybridized carbons (Fsp3) is 0.385. The van der Waals surface area contributed by atoms with Crippen LogP contribution < -0.4 is 11.1 Å². The molecule has 0 aliphatic carbocycles. The molecule has 0 saturated carbocycles. The monoisotopic (exact) mass is 247 g/mol. The van der Waals surface area contributed by atoms with Gasteiger partial charge in [0.2, 0.25) is 0 Å². The molecule has 0 bridgehead atoms. The Labute approximate surface area is 106 Å². The zero-order valence-corrected chi connectivity index (χ0v) is 10.6. The van der Waals surface area contributed by atoms with Crippen molar-refractivity contribution in [1.82, 2.24) is 10.2 Å². The van der Waals surface area contributed by atoms with Crippen LogP contribution in [-0.2, 0) is 11.3 Å². The van der Waals surface area contributed by atoms with Crippen molar-refractivity contribution >= 4 is 17.6 Å². The lowest BCUT2D eigenvalue weighted by Gasteiger charge is -2.19. The Morgan fingerprint density at radius 1 is 1.39 bits per heavy atom. The number of nitrogen functional groups attached to an aromatic ring is 1. The number of carbonyl (C=O) groups is 2. The summed E-state index contributed by atoms with van der Waals surface area (Å²) in [6, 6.07) is 6.85. The van der Waals surface area contributed by atoms with E-state index in [9.17, 15) is 9.59 Å². The largest absolute Gasteiger partial charge is 0.399 e. The lowest BCUT2D eigenvalue weighted by atomic mass is 9.99. The summed E-state index contributed by atoms with van der Waals surface area (Å²) in [6.45, 7) is 3.88. The van der Waals surface area contributed by atoms with E-state index in [2.05, 4.69) is 5.32 Å². The van der Waals surface area contributed by atoms with E-state index >= 15 is 0 Å². The van der Waals surface area contributed by atoms with Crippen LogP contribution in [0.25, 0.3) is 0 Å². The third-order valence-electron chi connectivity index (χ3n) is 3.34. The Balaban J connectivity index is 2.20. The maximum Gasteiger partial charge on any atom is 0.325 e. The minimum atomic E-state index is -0.780. The second-order valence-corrected chi connectivity index (χ2v) is 4.75. The van der Waals surface area contributed by atoms with E-state index in [0.717, 1.165) is 5.56 Å². The molecule has 1 aromatic rings. The molecule has 1 aliphatic heterocycles. The van der Waals surface area contributed by atoms with Crippen LogP contribution in [0.4, 0.5) is 10.5 Å². The van der Waals surface area contributed by atoms with Crippen LogP contribution in [-0.4, -0.2) is 22.4 Å². The summed E-state index contributed by atoms with van der Waals surface area (Å²) in [5, 5.41) is 2.72. The number of amides is 3. The summed E-state index contributed by atoms with van der Waals surface area (Å²) in [6.07, 6.45) is 0.574. The first-order valence-corrected chi connectivity index (χ1v) is 5.95. The van der Waals surface area contributed by atoms with E-state index in [1.54, 1.807) is 19.1 Å². The Morgan fingerprint density at radius 3 is 2.67 bits per heavy atom. The molecule has 1 aliphatic rings. The van der Waals surface area contributed by atoms with Gasteiger partial charge in [-0.15, -0.1) is 0 Å². The Bertz CT molecular complexity index is 501. The number of anilines is 1. The number of hydrogen-bond donors (Lipinski definition) is 2. The molecule has 0 aromatic heterocycles. The van der Waals surface area contributed by atoms with E-state index in [-0.39, 0.29) is 18.5 Å². The number of imide groups is 1. The number of hydrogen-bond acceptors (Lipinski definition) is 3. The van der Waals surface area contributed by atoms with Crippen molar-refractivity contribution in [2.75, 3.05) is 5.73 Å². The number of carbonyl (C=O) groups excluding carboxylic acids is 2. The van der Waals surface area contributed by atoms with Crippen LogP contribution in [0.3, 0.4) is 0 Å². The molecule has 3 N–H and O–H groups in total. The van der Waals surface area contributed by atoms with Crippen molar-refractivity contribution in [3.63, 3.8) is 0 Å². The van der Waals surface area contributed by atoms with Gasteiger partial charge in [-0.1, -0.05) is 19.1 Å². The molecule has 1 heterocycles. The summed E-state index contributed by atoms with van der Waals surface area (Å²) in [5.41, 5.74) is 6.37. The van der Waals surface area contributed by atoms with Crippen molar-refractivity contribution in [3.8, 4) is 0 Å². The Morgan fingerprint density at radius 2 is 2.11 bits per heavy atom. The van der Waals surface area contributed by atoms with Crippen LogP contribution in [0.15, 0.2) is 24.3 Å². The minimum absolute atomic E-state index is 0.183. The van der Waals surface area contributed by atoms with Crippen LogP contribution in [0, 0.1) is 0 Å². The Kier molecular flexibility index (Phi) is 2.98. The second-order valence-electron chi connectivity index (χ2n) is 4.75. The first-order valence-electron chi connectivity index (χ1n) is 5.95. The first-order chi connectivity index (χ1) is 8.46. The molecule has 3 amide bonds. The maximum atomic E-state index is 12.2. The molecule has 5 heteroatoms. The smallest absolute Gasteiger partial charge is 0.325 e. The molecule has 2 rings (SSSR count). The fourth-order valence-electron chi connectivity index (χ4n) is 2.00. The molecule has 1 unspecified atom stereocenters. The number of nitrogens with one attached hydrogen (secondary N) is 1. The molecule has 1 fully saturated rings. The zero-order chi connectivity index (χ0) is 13.3. The van der Waals surface area contributed by atoms with Gasteiger partial charge in [0.1, 0.15) is 5.54 Å². The number of rotatable bonds is 3. The number of urea groups is 1. The molecule has 1 aromatic carbocycles. The minimum Gasteiger partial charge on any atom is -0.399 e. The molecule has 0 radical (unpaired) electrons. The standard InChI is InChI=1S/C13H17N3O2/c1-3-13(2)11(17)16(12(18)15-13)8-9-5-4-6-10(14)7-9/h4-7H,3,8,14H2,1-2H3,(H,15,18). The average Bonchev–Trinajstić information content (AvgIpc) is 2.54. The third kappa shape index (κ3) is 2.03. The van der Waals surface area contributed by atoms with E-state index in [0.29, 0.717) is 12.1 Å². The van der Waals surface area contributed by atoms with Gasteiger partial charge < -0.3 is 11.1 Å². The quantitative estimate of drug-likeness (QED) is 0.627. The second kappa shape index (κ2) is 4.33. The average molecular weight is 247 g/mol. The van der Waals surface area contributed by atoms with Crippen molar-refractivity contribution < 1.29 is 9.59 Å². The normalized spacial score (nSPS) is 23.3. The fourth-order valence-corrected chi connectivity index (χ4v) is 2.00. The van der Waals surface area contributed by atoms with Gasteiger partial charge in [-0.3, -0.25) is 9.69 Å². The molecule has 18 heavy (non-hydrogen) atoms. The predicted octanol–water partition coefficient (Wildman–Crippen LogP) is 1.49. The summed E-state index contributed by atoms with van der Waals surface area (Å²) in [7, 11) is 0. The zero-order valence-electron chi connectivity index (χ0n) is 10.6. The molecule has 1 saturated heterocycles. The van der Waals surface area contributed by atoms with Crippen LogP contribution >= 0.6 is 0 Å². The van der Waals surface area contributed by atoms with Gasteiger partial charge in [-0.2, -0.15) is 0 Å². The molecule has 1 atom stereocenters. The van der Waals surface area contributed by atoms with Gasteiger partial charge in [-0.05, 0) is 31.0 Å². The van der Waals surface area contributed by atoms with Gasteiger partial charge in [0.05, 0.1) is 6.54 Å². The Hall–Kier alpha value is -2.04. The molecule has 5 nitrogen and oxygen atoms in total. The number of nitrogens with zero attached hydrogens (tertiary/aromatic N) is 1. The molecule has 0 spiro atoms. The maximum absolute atomic E-state index is 12.2. The summed E-state index contributed by atoms with van der Waals surface area (Å²) in [4.78, 5) is 25.2. The third-order valence-corrected chi connectivity index (χ3v) is 3.34. The van der Waals surface area contributed by atoms with Crippen LogP contribution in [0.2, 0.25) is 0 Å². The highest BCUT2D eigenvalue weighted by atomic mass is 16.2. The highest BCUT2D eigenvalue weighted by Crippen LogP contribution is 2.22. The highest BCUT2D eigenvalue weighted by molar-refractivity contribution is 6.06. The van der Waals surface area contributed by atoms with Crippen molar-refractivity contribution in [1.29, 1.82) is 0 Å². The summed E-state index contributed by atoms with van der Waals surface area (Å²) >= 11 is 0. The van der Waals surface area contributed by atoms with E-state index in [1.807, 2.05) is 19.1 Å². The number of benzene rings is 1. The van der Waals surface area contributed by atoms with Crippen molar-refractivity contribution in [3.05, 3.63) is 29.8 Å². The van der Waals surface area contributed by atoms with Crippen molar-refractivity contribution in [2.24, 2.45) is 0 Å². The lowest BCUT2D eigenvalue weighted by molar-refractivity contribution is -0.131.